The van der Waals surface area contributed by atoms with Crippen molar-refractivity contribution in [1.29, 1.82) is 0 Å². The molecule has 0 aromatic heterocycles. The van der Waals surface area contributed by atoms with Gasteiger partial charge in [0.2, 0.25) is 5.91 Å². The quantitative estimate of drug-likeness (QED) is 0.710. The van der Waals surface area contributed by atoms with Gasteiger partial charge in [-0.05, 0) is 48.9 Å². The molecular weight excluding hydrogens is 410 g/mol. The highest BCUT2D eigenvalue weighted by Crippen LogP contribution is 2.29. The van der Waals surface area contributed by atoms with Gasteiger partial charge in [-0.2, -0.15) is 0 Å². The molecule has 1 aliphatic rings. The van der Waals surface area contributed by atoms with Gasteiger partial charge < -0.3 is 15.5 Å². The lowest BCUT2D eigenvalue weighted by atomic mass is 9.92. The van der Waals surface area contributed by atoms with E-state index in [0.29, 0.717) is 16.2 Å². The average Bonchev–Trinajstić information content (AvgIpc) is 2.94. The zero-order valence-electron chi connectivity index (χ0n) is 17.0. The Kier molecular flexibility index (Phi) is 5.74. The number of urea groups is 1. The lowest BCUT2D eigenvalue weighted by molar-refractivity contribution is -0.133. The molecule has 1 aliphatic heterocycles. The molecular formula is C21H20F2N4O4. The maximum absolute atomic E-state index is 13.6. The second-order valence-electron chi connectivity index (χ2n) is 7.40. The van der Waals surface area contributed by atoms with Gasteiger partial charge in [-0.15, -0.1) is 0 Å². The third-order valence-corrected chi connectivity index (χ3v) is 4.90. The van der Waals surface area contributed by atoms with Crippen molar-refractivity contribution in [3.8, 4) is 0 Å². The maximum Gasteiger partial charge on any atom is 0.325 e. The Hall–Kier alpha value is -3.82. The monoisotopic (exact) mass is 430 g/mol. The highest BCUT2D eigenvalue weighted by molar-refractivity contribution is 6.10. The highest BCUT2D eigenvalue weighted by Gasteiger charge is 2.49. The smallest absolute Gasteiger partial charge is 0.325 e. The minimum absolute atomic E-state index is 0.0498. The van der Waals surface area contributed by atoms with Gasteiger partial charge in [-0.3, -0.25) is 19.3 Å². The molecule has 3 rings (SSSR count). The summed E-state index contributed by atoms with van der Waals surface area (Å²) in [4.78, 5) is 51.5. The second-order valence-corrected chi connectivity index (χ2v) is 7.40. The molecule has 0 spiro atoms. The fourth-order valence-corrected chi connectivity index (χ4v) is 3.14. The number of benzene rings is 2. The van der Waals surface area contributed by atoms with Crippen LogP contribution in [0.15, 0.2) is 42.5 Å². The SMILES string of the molecule is CN(C)C(=O)c1ccc(NC(=O)CN2C(=O)NC(C)(c3ccc(F)c(F)c3)C2=O)cc1. The molecule has 2 aromatic rings. The molecule has 162 valence electrons. The Morgan fingerprint density at radius 1 is 1.06 bits per heavy atom. The first kappa shape index (κ1) is 21.9. The molecule has 0 aliphatic carbocycles. The van der Waals surface area contributed by atoms with Crippen LogP contribution in [0.5, 0.6) is 0 Å². The Morgan fingerprint density at radius 3 is 2.29 bits per heavy atom. The molecule has 1 fully saturated rings. The van der Waals surface area contributed by atoms with Crippen molar-refractivity contribution in [2.75, 3.05) is 26.0 Å². The van der Waals surface area contributed by atoms with Crippen LogP contribution in [-0.4, -0.2) is 54.2 Å². The van der Waals surface area contributed by atoms with Crippen molar-refractivity contribution in [2.24, 2.45) is 0 Å². The molecule has 1 saturated heterocycles. The summed E-state index contributed by atoms with van der Waals surface area (Å²) in [5.41, 5.74) is -0.788. The third-order valence-electron chi connectivity index (χ3n) is 4.90. The molecule has 2 N–H and O–H groups in total. The molecule has 31 heavy (non-hydrogen) atoms. The Balaban J connectivity index is 1.70. The molecule has 0 radical (unpaired) electrons. The van der Waals surface area contributed by atoms with Crippen molar-refractivity contribution in [2.45, 2.75) is 12.5 Å². The number of hydrogen-bond acceptors (Lipinski definition) is 4. The molecule has 1 atom stereocenters. The maximum atomic E-state index is 13.6. The molecule has 0 bridgehead atoms. The summed E-state index contributed by atoms with van der Waals surface area (Å²) in [5.74, 6) is -3.86. The van der Waals surface area contributed by atoms with Crippen LogP contribution in [0.1, 0.15) is 22.8 Å². The van der Waals surface area contributed by atoms with E-state index in [1.807, 2.05) is 0 Å². The number of carbonyl (C=O) groups excluding carboxylic acids is 4. The Bertz CT molecular complexity index is 1070. The zero-order chi connectivity index (χ0) is 22.9. The van der Waals surface area contributed by atoms with Crippen molar-refractivity contribution < 1.29 is 28.0 Å². The third kappa shape index (κ3) is 4.23. The molecule has 8 nitrogen and oxygen atoms in total. The number of rotatable bonds is 5. The van der Waals surface area contributed by atoms with E-state index in [1.165, 1.54) is 42.2 Å². The molecule has 0 saturated carbocycles. The molecule has 10 heteroatoms. The summed E-state index contributed by atoms with van der Waals surface area (Å²) in [5, 5.41) is 4.96. The minimum Gasteiger partial charge on any atom is -0.345 e. The first-order chi connectivity index (χ1) is 14.5. The number of nitrogens with one attached hydrogen (secondary N) is 2. The molecule has 2 aromatic carbocycles. The molecule has 1 heterocycles. The summed E-state index contributed by atoms with van der Waals surface area (Å²) in [6, 6.07) is 8.15. The Labute approximate surface area is 176 Å². The van der Waals surface area contributed by atoms with Gasteiger partial charge in [0.1, 0.15) is 12.1 Å². The van der Waals surface area contributed by atoms with E-state index in [-0.39, 0.29) is 11.5 Å². The van der Waals surface area contributed by atoms with E-state index in [4.69, 9.17) is 0 Å². The number of carbonyl (C=O) groups is 4. The zero-order valence-corrected chi connectivity index (χ0v) is 17.0. The van der Waals surface area contributed by atoms with Crippen LogP contribution in [0.4, 0.5) is 19.3 Å². The van der Waals surface area contributed by atoms with Crippen molar-refractivity contribution >= 4 is 29.4 Å². The normalized spacial score (nSPS) is 18.0. The number of anilines is 1. The van der Waals surface area contributed by atoms with Crippen LogP contribution in [-0.2, 0) is 15.1 Å². The number of amides is 5. The van der Waals surface area contributed by atoms with Gasteiger partial charge >= 0.3 is 6.03 Å². The molecule has 1 unspecified atom stereocenters. The summed E-state index contributed by atoms with van der Waals surface area (Å²) in [6.45, 7) is 0.764. The van der Waals surface area contributed by atoms with E-state index in [9.17, 15) is 28.0 Å². The van der Waals surface area contributed by atoms with Crippen LogP contribution in [0.25, 0.3) is 0 Å². The van der Waals surface area contributed by atoms with Crippen LogP contribution < -0.4 is 10.6 Å². The predicted octanol–water partition coefficient (Wildman–Crippen LogP) is 2.07. The summed E-state index contributed by atoms with van der Waals surface area (Å²) in [6.07, 6.45) is 0. The van der Waals surface area contributed by atoms with E-state index in [0.717, 1.165) is 12.1 Å². The van der Waals surface area contributed by atoms with E-state index in [2.05, 4.69) is 10.6 Å². The van der Waals surface area contributed by atoms with E-state index >= 15 is 0 Å². The lowest BCUT2D eigenvalue weighted by Crippen LogP contribution is -2.42. The van der Waals surface area contributed by atoms with Crippen LogP contribution in [0.3, 0.4) is 0 Å². The Morgan fingerprint density at radius 2 is 1.71 bits per heavy atom. The predicted molar refractivity (Wildman–Crippen MR) is 107 cm³/mol. The van der Waals surface area contributed by atoms with Gasteiger partial charge in [-0.25, -0.2) is 13.6 Å². The summed E-state index contributed by atoms with van der Waals surface area (Å²) < 4.78 is 26.8. The number of imide groups is 1. The number of nitrogens with zero attached hydrogens (tertiary/aromatic N) is 2. The van der Waals surface area contributed by atoms with Gasteiger partial charge in [-0.1, -0.05) is 6.07 Å². The van der Waals surface area contributed by atoms with Gasteiger partial charge in [0.05, 0.1) is 0 Å². The highest BCUT2D eigenvalue weighted by atomic mass is 19.2. The number of halogens is 2. The van der Waals surface area contributed by atoms with Gasteiger partial charge in [0, 0.05) is 25.3 Å². The van der Waals surface area contributed by atoms with Crippen molar-refractivity contribution in [3.63, 3.8) is 0 Å². The van der Waals surface area contributed by atoms with E-state index < -0.39 is 41.6 Å². The lowest BCUT2D eigenvalue weighted by Gasteiger charge is -2.22. The summed E-state index contributed by atoms with van der Waals surface area (Å²) in [7, 11) is 3.23. The van der Waals surface area contributed by atoms with E-state index in [1.54, 1.807) is 14.1 Å². The van der Waals surface area contributed by atoms with Crippen LogP contribution >= 0.6 is 0 Å². The van der Waals surface area contributed by atoms with Crippen LogP contribution in [0, 0.1) is 11.6 Å². The molecule has 5 amide bonds. The fourth-order valence-electron chi connectivity index (χ4n) is 3.14. The largest absolute Gasteiger partial charge is 0.345 e. The van der Waals surface area contributed by atoms with Gasteiger partial charge in [0.25, 0.3) is 11.8 Å². The van der Waals surface area contributed by atoms with Crippen molar-refractivity contribution in [1.82, 2.24) is 15.1 Å². The number of hydrogen-bond donors (Lipinski definition) is 2. The first-order valence-corrected chi connectivity index (χ1v) is 9.24. The topological polar surface area (TPSA) is 98.8 Å². The average molecular weight is 430 g/mol. The van der Waals surface area contributed by atoms with Crippen LogP contribution in [0.2, 0.25) is 0 Å². The fraction of sp³-hybridized carbons (Fsp3) is 0.238. The first-order valence-electron chi connectivity index (χ1n) is 9.24. The second kappa shape index (κ2) is 8.13. The van der Waals surface area contributed by atoms with Gasteiger partial charge in [0.15, 0.2) is 11.6 Å². The summed E-state index contributed by atoms with van der Waals surface area (Å²) >= 11 is 0. The minimum atomic E-state index is -1.64. The van der Waals surface area contributed by atoms with Crippen molar-refractivity contribution in [3.05, 3.63) is 65.2 Å². The standard InChI is InChI=1S/C21H20F2N4O4/c1-21(13-6-9-15(22)16(23)10-13)19(30)27(20(31)25-21)11-17(28)24-14-7-4-12(5-8-14)18(29)26(2)3/h4-10H,11H2,1-3H3,(H,24,28)(H,25,31).